The second-order valence-electron chi connectivity index (χ2n) is 3.26. The van der Waals surface area contributed by atoms with E-state index in [1.807, 2.05) is 0 Å². The van der Waals surface area contributed by atoms with Crippen molar-refractivity contribution in [3.8, 4) is 0 Å². The molecule has 0 bridgehead atoms. The molecule has 6 heteroatoms. The molecule has 0 saturated carbocycles. The number of nitrogens with zero attached hydrogens (tertiary/aromatic N) is 3. The highest BCUT2D eigenvalue weighted by Crippen LogP contribution is 2.22. The van der Waals surface area contributed by atoms with Crippen LogP contribution in [0.5, 0.6) is 0 Å². The number of halogens is 1. The largest absolute Gasteiger partial charge is 0.481 e. The zero-order valence-corrected chi connectivity index (χ0v) is 9.13. The zero-order chi connectivity index (χ0) is 12.0. The summed E-state index contributed by atoms with van der Waals surface area (Å²) in [6.45, 7) is 0.129. The molecule has 1 aromatic rings. The van der Waals surface area contributed by atoms with Gasteiger partial charge in [-0.3, -0.25) is 4.79 Å². The maximum atomic E-state index is 10.7. The van der Waals surface area contributed by atoms with E-state index in [-0.39, 0.29) is 18.9 Å². The third-order valence-corrected chi connectivity index (χ3v) is 2.38. The van der Waals surface area contributed by atoms with Crippen LogP contribution in [0.4, 0.5) is 0 Å². The summed E-state index contributed by atoms with van der Waals surface area (Å²) in [7, 11) is 0. The van der Waals surface area contributed by atoms with Gasteiger partial charge < -0.3 is 5.11 Å². The Kier molecular flexibility index (Phi) is 4.64. The summed E-state index contributed by atoms with van der Waals surface area (Å²) in [6.07, 6.45) is -0.0688. The Bertz CT molecular complexity index is 409. The minimum absolute atomic E-state index is 0.0688. The van der Waals surface area contributed by atoms with Crippen molar-refractivity contribution < 1.29 is 9.90 Å². The van der Waals surface area contributed by atoms with Crippen LogP contribution >= 0.6 is 11.6 Å². The number of carboxylic acids is 1. The average molecular weight is 240 g/mol. The van der Waals surface area contributed by atoms with Crippen LogP contribution in [-0.2, 0) is 4.79 Å². The summed E-state index contributed by atoms with van der Waals surface area (Å²) >= 11 is 5.73. The number of hydrogen-bond donors (Lipinski definition) is 1. The van der Waals surface area contributed by atoms with Gasteiger partial charge in [0.25, 0.3) is 0 Å². The second-order valence-corrected chi connectivity index (χ2v) is 3.70. The van der Waals surface area contributed by atoms with E-state index in [1.54, 1.807) is 24.3 Å². The molecule has 0 aromatic heterocycles. The van der Waals surface area contributed by atoms with Crippen molar-refractivity contribution >= 4 is 17.6 Å². The predicted molar refractivity (Wildman–Crippen MR) is 60.5 cm³/mol. The molecule has 0 saturated heterocycles. The summed E-state index contributed by atoms with van der Waals surface area (Å²) < 4.78 is 0. The molecule has 1 N–H and O–H groups in total. The Hall–Kier alpha value is -1.71. The van der Waals surface area contributed by atoms with E-state index in [4.69, 9.17) is 22.2 Å². The molecule has 0 amide bonds. The molecule has 1 atom stereocenters. The molecule has 16 heavy (non-hydrogen) atoms. The maximum Gasteiger partial charge on any atom is 0.303 e. The van der Waals surface area contributed by atoms with E-state index in [9.17, 15) is 4.79 Å². The Morgan fingerprint density at radius 1 is 1.50 bits per heavy atom. The summed E-state index contributed by atoms with van der Waals surface area (Å²) in [4.78, 5) is 13.3. The van der Waals surface area contributed by atoms with E-state index >= 15 is 0 Å². The number of carbonyl (C=O) groups is 1. The quantitative estimate of drug-likeness (QED) is 0.486. The van der Waals surface area contributed by atoms with Crippen molar-refractivity contribution in [3.05, 3.63) is 45.3 Å². The van der Waals surface area contributed by atoms with Crippen LogP contribution in [-0.4, -0.2) is 17.6 Å². The molecule has 1 unspecified atom stereocenters. The van der Waals surface area contributed by atoms with Gasteiger partial charge in [-0.1, -0.05) is 28.8 Å². The molecule has 0 heterocycles. The molecular formula is C10H10ClN3O2. The average Bonchev–Trinajstić information content (AvgIpc) is 2.25. The fraction of sp³-hybridized carbons (Fsp3) is 0.300. The fourth-order valence-corrected chi connectivity index (χ4v) is 1.49. The van der Waals surface area contributed by atoms with E-state index in [0.717, 1.165) is 5.56 Å². The molecule has 0 aliphatic rings. The Morgan fingerprint density at radius 3 is 2.62 bits per heavy atom. The SMILES string of the molecule is [N-]=[N+]=NCC(CC(=O)O)c1ccc(Cl)cc1. The van der Waals surface area contributed by atoms with Crippen LogP contribution in [0.1, 0.15) is 17.9 Å². The summed E-state index contributed by atoms with van der Waals surface area (Å²) in [5, 5.41) is 12.7. The van der Waals surface area contributed by atoms with Crippen molar-refractivity contribution in [1.82, 2.24) is 0 Å². The van der Waals surface area contributed by atoms with Crippen LogP contribution in [0.2, 0.25) is 5.02 Å². The van der Waals surface area contributed by atoms with Gasteiger partial charge in [0.2, 0.25) is 0 Å². The Morgan fingerprint density at radius 2 is 2.12 bits per heavy atom. The van der Waals surface area contributed by atoms with Crippen LogP contribution in [0.15, 0.2) is 29.4 Å². The molecule has 5 nitrogen and oxygen atoms in total. The number of rotatable bonds is 5. The van der Waals surface area contributed by atoms with Gasteiger partial charge in [-0.25, -0.2) is 0 Å². The van der Waals surface area contributed by atoms with Crippen molar-refractivity contribution in [2.75, 3.05) is 6.54 Å². The minimum Gasteiger partial charge on any atom is -0.481 e. The molecule has 84 valence electrons. The Labute approximate surface area is 97.3 Å². The van der Waals surface area contributed by atoms with E-state index in [0.29, 0.717) is 5.02 Å². The summed E-state index contributed by atoms with van der Waals surface area (Å²) in [6, 6.07) is 6.84. The second kappa shape index (κ2) is 6.00. The standard InChI is InChI=1S/C10H10ClN3O2/c11-9-3-1-7(2-4-9)8(5-10(15)16)6-13-14-12/h1-4,8H,5-6H2,(H,15,16). The smallest absolute Gasteiger partial charge is 0.303 e. The van der Waals surface area contributed by atoms with Crippen LogP contribution in [0.3, 0.4) is 0 Å². The third-order valence-electron chi connectivity index (χ3n) is 2.13. The first-order valence-corrected chi connectivity index (χ1v) is 4.99. The number of benzene rings is 1. The monoisotopic (exact) mass is 239 g/mol. The summed E-state index contributed by atoms with van der Waals surface area (Å²) in [5.74, 6) is -1.24. The summed E-state index contributed by atoms with van der Waals surface area (Å²) in [5.41, 5.74) is 9.03. The van der Waals surface area contributed by atoms with Gasteiger partial charge in [-0.2, -0.15) is 0 Å². The van der Waals surface area contributed by atoms with E-state index < -0.39 is 5.97 Å². The van der Waals surface area contributed by atoms with E-state index in [2.05, 4.69) is 10.0 Å². The first kappa shape index (κ1) is 12.4. The van der Waals surface area contributed by atoms with E-state index in [1.165, 1.54) is 0 Å². The van der Waals surface area contributed by atoms with Gasteiger partial charge in [0.1, 0.15) is 0 Å². The molecule has 1 aromatic carbocycles. The number of aliphatic carboxylic acids is 1. The number of carboxylic acid groups (broad SMARTS) is 1. The molecule has 0 aliphatic heterocycles. The van der Waals surface area contributed by atoms with Crippen LogP contribution in [0.25, 0.3) is 10.4 Å². The van der Waals surface area contributed by atoms with Gasteiger partial charge in [0.15, 0.2) is 0 Å². The highest BCUT2D eigenvalue weighted by molar-refractivity contribution is 6.30. The number of azide groups is 1. The van der Waals surface area contributed by atoms with Gasteiger partial charge in [0, 0.05) is 16.5 Å². The van der Waals surface area contributed by atoms with Crippen LogP contribution < -0.4 is 0 Å². The molecule has 0 fully saturated rings. The normalized spacial score (nSPS) is 11.6. The lowest BCUT2D eigenvalue weighted by Gasteiger charge is -2.12. The van der Waals surface area contributed by atoms with Crippen molar-refractivity contribution in [2.45, 2.75) is 12.3 Å². The van der Waals surface area contributed by atoms with Crippen molar-refractivity contribution in [1.29, 1.82) is 0 Å². The third kappa shape index (κ3) is 3.81. The van der Waals surface area contributed by atoms with Gasteiger partial charge in [0.05, 0.1) is 6.42 Å². The lowest BCUT2D eigenvalue weighted by atomic mass is 9.96. The van der Waals surface area contributed by atoms with Gasteiger partial charge in [-0.05, 0) is 29.1 Å². The minimum atomic E-state index is -0.923. The maximum absolute atomic E-state index is 10.7. The lowest BCUT2D eigenvalue weighted by Crippen LogP contribution is -2.09. The Balaban J connectivity index is 2.86. The van der Waals surface area contributed by atoms with Crippen LogP contribution in [0, 0.1) is 0 Å². The van der Waals surface area contributed by atoms with Gasteiger partial charge >= 0.3 is 5.97 Å². The first-order chi connectivity index (χ1) is 7.63. The molecule has 0 aliphatic carbocycles. The van der Waals surface area contributed by atoms with Crippen molar-refractivity contribution in [2.24, 2.45) is 5.11 Å². The topological polar surface area (TPSA) is 86.1 Å². The first-order valence-electron chi connectivity index (χ1n) is 4.61. The van der Waals surface area contributed by atoms with Crippen molar-refractivity contribution in [3.63, 3.8) is 0 Å². The lowest BCUT2D eigenvalue weighted by molar-refractivity contribution is -0.137. The molecule has 0 radical (unpaired) electrons. The number of hydrogen-bond acceptors (Lipinski definition) is 2. The van der Waals surface area contributed by atoms with Gasteiger partial charge in [-0.15, -0.1) is 0 Å². The molecule has 0 spiro atoms. The predicted octanol–water partition coefficient (Wildman–Crippen LogP) is 3.21. The molecule has 1 rings (SSSR count). The highest BCUT2D eigenvalue weighted by Gasteiger charge is 2.14. The highest BCUT2D eigenvalue weighted by atomic mass is 35.5. The zero-order valence-electron chi connectivity index (χ0n) is 8.38. The fourth-order valence-electron chi connectivity index (χ4n) is 1.37. The molecular weight excluding hydrogens is 230 g/mol.